The van der Waals surface area contributed by atoms with Crippen molar-refractivity contribution in [1.82, 2.24) is 25.3 Å². The Kier molecular flexibility index (Phi) is 3.10. The lowest BCUT2D eigenvalue weighted by atomic mass is 10.1. The van der Waals surface area contributed by atoms with Crippen molar-refractivity contribution in [3.63, 3.8) is 0 Å². The van der Waals surface area contributed by atoms with E-state index in [4.69, 9.17) is 0 Å². The zero-order valence-corrected chi connectivity index (χ0v) is 9.87. The maximum atomic E-state index is 4.53. The average molecular weight is 242 g/mol. The number of aromatic nitrogens is 4. The zero-order valence-electron chi connectivity index (χ0n) is 9.87. The number of hydrogen-bond donors (Lipinski definition) is 2. The van der Waals surface area contributed by atoms with E-state index in [0.717, 1.165) is 30.9 Å². The first-order valence-corrected chi connectivity index (χ1v) is 5.97. The lowest BCUT2D eigenvalue weighted by Gasteiger charge is -2.09. The molecular formula is C12H14N6. The van der Waals surface area contributed by atoms with Crippen LogP contribution in [0.1, 0.15) is 18.0 Å². The van der Waals surface area contributed by atoms with Crippen molar-refractivity contribution in [2.75, 3.05) is 18.4 Å². The molecule has 18 heavy (non-hydrogen) atoms. The Labute approximate surface area is 105 Å². The lowest BCUT2D eigenvalue weighted by molar-refractivity contribution is 0.732. The molecular weight excluding hydrogens is 228 g/mol. The molecule has 0 radical (unpaired) electrons. The van der Waals surface area contributed by atoms with Gasteiger partial charge in [0, 0.05) is 18.7 Å². The van der Waals surface area contributed by atoms with Crippen molar-refractivity contribution in [1.29, 1.82) is 0 Å². The van der Waals surface area contributed by atoms with Gasteiger partial charge < -0.3 is 10.6 Å². The minimum Gasteiger partial charge on any atom is -0.322 e. The third-order valence-electron chi connectivity index (χ3n) is 2.97. The van der Waals surface area contributed by atoms with Gasteiger partial charge in [0.1, 0.15) is 6.33 Å². The summed E-state index contributed by atoms with van der Waals surface area (Å²) in [5.74, 6) is 1.08. The summed E-state index contributed by atoms with van der Waals surface area (Å²) < 4.78 is 0. The summed E-state index contributed by atoms with van der Waals surface area (Å²) in [6, 6.07) is 1.98. The molecule has 1 aliphatic rings. The highest BCUT2D eigenvalue weighted by Gasteiger charge is 2.18. The molecule has 3 heterocycles. The summed E-state index contributed by atoms with van der Waals surface area (Å²) in [6.07, 6.45) is 7.80. The highest BCUT2D eigenvalue weighted by molar-refractivity contribution is 5.49. The minimum absolute atomic E-state index is 0.487. The van der Waals surface area contributed by atoms with Crippen molar-refractivity contribution in [3.8, 4) is 0 Å². The first-order valence-electron chi connectivity index (χ1n) is 5.97. The molecule has 2 aromatic rings. The van der Waals surface area contributed by atoms with Crippen LogP contribution in [-0.4, -0.2) is 33.0 Å². The van der Waals surface area contributed by atoms with E-state index in [9.17, 15) is 0 Å². The first-order chi connectivity index (χ1) is 8.92. The zero-order chi connectivity index (χ0) is 12.2. The predicted octanol–water partition coefficient (Wildman–Crippen LogP) is 1.09. The second-order valence-corrected chi connectivity index (χ2v) is 4.25. The van der Waals surface area contributed by atoms with E-state index in [-0.39, 0.29) is 0 Å². The fourth-order valence-electron chi connectivity index (χ4n) is 2.06. The second kappa shape index (κ2) is 5.05. The van der Waals surface area contributed by atoms with Gasteiger partial charge >= 0.3 is 0 Å². The summed E-state index contributed by atoms with van der Waals surface area (Å²) in [4.78, 5) is 16.6. The van der Waals surface area contributed by atoms with E-state index >= 15 is 0 Å². The van der Waals surface area contributed by atoms with Crippen LogP contribution in [0.25, 0.3) is 0 Å². The highest BCUT2D eigenvalue weighted by atomic mass is 15.1. The maximum Gasteiger partial charge on any atom is 0.227 e. The molecule has 0 aliphatic carbocycles. The van der Waals surface area contributed by atoms with Gasteiger partial charge in [-0.1, -0.05) is 0 Å². The molecule has 1 saturated heterocycles. The molecule has 0 saturated carbocycles. The van der Waals surface area contributed by atoms with Crippen LogP contribution in [0.3, 0.4) is 0 Å². The molecule has 3 rings (SSSR count). The molecule has 2 aromatic heterocycles. The molecule has 2 N–H and O–H groups in total. The molecule has 0 amide bonds. The Morgan fingerprint density at radius 1 is 1.28 bits per heavy atom. The number of hydrogen-bond acceptors (Lipinski definition) is 6. The van der Waals surface area contributed by atoms with Gasteiger partial charge in [-0.2, -0.15) is 0 Å². The van der Waals surface area contributed by atoms with E-state index in [1.165, 1.54) is 6.33 Å². The molecule has 0 unspecified atom stereocenters. The molecule has 1 atom stereocenters. The highest BCUT2D eigenvalue weighted by Crippen LogP contribution is 2.21. The average Bonchev–Trinajstić information content (AvgIpc) is 2.94. The molecule has 0 bridgehead atoms. The quantitative estimate of drug-likeness (QED) is 0.839. The normalized spacial score (nSPS) is 18.8. The van der Waals surface area contributed by atoms with Crippen molar-refractivity contribution < 1.29 is 0 Å². The fourth-order valence-corrected chi connectivity index (χ4v) is 2.06. The van der Waals surface area contributed by atoms with Crippen LogP contribution in [0.2, 0.25) is 0 Å². The van der Waals surface area contributed by atoms with Crippen LogP contribution in [0.4, 0.5) is 11.6 Å². The van der Waals surface area contributed by atoms with E-state index in [1.807, 2.05) is 6.07 Å². The van der Waals surface area contributed by atoms with E-state index in [2.05, 4.69) is 30.6 Å². The molecule has 92 valence electrons. The maximum absolute atomic E-state index is 4.53. The van der Waals surface area contributed by atoms with Gasteiger partial charge in [0.2, 0.25) is 5.95 Å². The second-order valence-electron chi connectivity index (χ2n) is 4.25. The van der Waals surface area contributed by atoms with Gasteiger partial charge in [-0.05, 0) is 19.0 Å². The fraction of sp³-hybridized carbons (Fsp3) is 0.333. The Balaban J connectivity index is 1.78. The Morgan fingerprint density at radius 2 is 2.17 bits per heavy atom. The SMILES string of the molecule is c1ncc(Nc2nccc([C@H]3CCNC3)n2)cn1. The topological polar surface area (TPSA) is 75.6 Å². The van der Waals surface area contributed by atoms with Gasteiger partial charge in [-0.25, -0.2) is 19.9 Å². The third kappa shape index (κ3) is 2.43. The molecule has 0 spiro atoms. The lowest BCUT2D eigenvalue weighted by Crippen LogP contribution is -2.09. The Bertz CT molecular complexity index is 509. The largest absolute Gasteiger partial charge is 0.322 e. The van der Waals surface area contributed by atoms with E-state index in [0.29, 0.717) is 11.9 Å². The van der Waals surface area contributed by atoms with Crippen molar-refractivity contribution in [3.05, 3.63) is 36.7 Å². The van der Waals surface area contributed by atoms with Crippen LogP contribution < -0.4 is 10.6 Å². The van der Waals surface area contributed by atoms with E-state index in [1.54, 1.807) is 18.6 Å². The molecule has 1 fully saturated rings. The first kappa shape index (κ1) is 11.0. The van der Waals surface area contributed by atoms with Gasteiger partial charge in [0.05, 0.1) is 23.8 Å². The summed E-state index contributed by atoms with van der Waals surface area (Å²) in [7, 11) is 0. The van der Waals surface area contributed by atoms with Gasteiger partial charge in [-0.15, -0.1) is 0 Å². The molecule has 6 nitrogen and oxygen atoms in total. The third-order valence-corrected chi connectivity index (χ3v) is 2.97. The summed E-state index contributed by atoms with van der Waals surface area (Å²) in [5.41, 5.74) is 1.87. The Hall–Kier alpha value is -2.08. The van der Waals surface area contributed by atoms with Crippen LogP contribution in [0.5, 0.6) is 0 Å². The van der Waals surface area contributed by atoms with Crippen LogP contribution >= 0.6 is 0 Å². The predicted molar refractivity (Wildman–Crippen MR) is 67.6 cm³/mol. The van der Waals surface area contributed by atoms with Gasteiger partial charge in [0.25, 0.3) is 0 Å². The number of nitrogens with one attached hydrogen (secondary N) is 2. The smallest absolute Gasteiger partial charge is 0.227 e. The monoisotopic (exact) mass is 242 g/mol. The standard InChI is InChI=1S/C12H14N6/c1-3-13-5-9(1)11-2-4-16-12(18-11)17-10-6-14-8-15-7-10/h2,4,6-9,13H,1,3,5H2,(H,16,17,18)/t9-/m0/s1. The van der Waals surface area contributed by atoms with Crippen molar-refractivity contribution in [2.45, 2.75) is 12.3 Å². The van der Waals surface area contributed by atoms with E-state index < -0.39 is 0 Å². The molecule has 0 aromatic carbocycles. The van der Waals surface area contributed by atoms with Gasteiger partial charge in [-0.3, -0.25) is 0 Å². The number of nitrogens with zero attached hydrogens (tertiary/aromatic N) is 4. The van der Waals surface area contributed by atoms with Gasteiger partial charge in [0.15, 0.2) is 0 Å². The number of anilines is 2. The molecule has 1 aliphatic heterocycles. The Morgan fingerprint density at radius 3 is 2.94 bits per heavy atom. The summed E-state index contributed by atoms with van der Waals surface area (Å²) >= 11 is 0. The van der Waals surface area contributed by atoms with Crippen LogP contribution in [-0.2, 0) is 0 Å². The summed E-state index contributed by atoms with van der Waals surface area (Å²) in [5, 5.41) is 6.44. The molecule has 6 heteroatoms. The van der Waals surface area contributed by atoms with Crippen LogP contribution in [0.15, 0.2) is 31.0 Å². The number of rotatable bonds is 3. The van der Waals surface area contributed by atoms with Crippen molar-refractivity contribution >= 4 is 11.6 Å². The van der Waals surface area contributed by atoms with Crippen LogP contribution in [0, 0.1) is 0 Å². The summed E-state index contributed by atoms with van der Waals surface area (Å²) in [6.45, 7) is 2.05. The van der Waals surface area contributed by atoms with Crippen molar-refractivity contribution in [2.24, 2.45) is 0 Å². The minimum atomic E-state index is 0.487.